The standard InChI is InChI=1S/C18H17ClN4O5S/c1-22(2)18(26)21-16(25)14-10-4-3-5-13(10)29-17(14)20-15(24)11-8-9(23(27)28)6-7-12(11)19/h6-8H,3-5H2,1-2H3,(H,20,24)(H,21,25,26). The van der Waals surface area contributed by atoms with Crippen LogP contribution < -0.4 is 10.6 Å². The van der Waals surface area contributed by atoms with Crippen molar-refractivity contribution in [2.45, 2.75) is 19.3 Å². The first-order valence-electron chi connectivity index (χ1n) is 8.61. The molecule has 1 aromatic carbocycles. The number of benzene rings is 1. The number of fused-ring (bicyclic) bond motifs is 1. The third-order valence-electron chi connectivity index (χ3n) is 4.41. The van der Waals surface area contributed by atoms with Crippen LogP contribution in [0.3, 0.4) is 0 Å². The van der Waals surface area contributed by atoms with E-state index in [0.717, 1.165) is 29.3 Å². The highest BCUT2D eigenvalue weighted by atomic mass is 35.5. The highest BCUT2D eigenvalue weighted by Crippen LogP contribution is 2.39. The largest absolute Gasteiger partial charge is 0.331 e. The van der Waals surface area contributed by atoms with E-state index in [1.807, 2.05) is 0 Å². The van der Waals surface area contributed by atoms with Gasteiger partial charge in [-0.2, -0.15) is 0 Å². The third-order valence-corrected chi connectivity index (χ3v) is 5.94. The van der Waals surface area contributed by atoms with Crippen molar-refractivity contribution in [2.24, 2.45) is 0 Å². The Bertz CT molecular complexity index is 1030. The molecule has 2 aromatic rings. The number of anilines is 1. The molecule has 2 N–H and O–H groups in total. The third kappa shape index (κ3) is 4.22. The van der Waals surface area contributed by atoms with E-state index in [4.69, 9.17) is 11.6 Å². The minimum atomic E-state index is -0.674. The van der Waals surface area contributed by atoms with E-state index in [1.165, 1.54) is 42.5 Å². The molecule has 0 bridgehead atoms. The lowest BCUT2D eigenvalue weighted by molar-refractivity contribution is -0.384. The molecule has 1 aliphatic carbocycles. The number of amides is 4. The lowest BCUT2D eigenvalue weighted by Crippen LogP contribution is -2.39. The number of carbonyl (C=O) groups is 3. The van der Waals surface area contributed by atoms with Crippen molar-refractivity contribution in [2.75, 3.05) is 19.4 Å². The predicted molar refractivity (Wildman–Crippen MR) is 109 cm³/mol. The van der Waals surface area contributed by atoms with Crippen LogP contribution in [0.25, 0.3) is 0 Å². The summed E-state index contributed by atoms with van der Waals surface area (Å²) in [6.45, 7) is 0. The van der Waals surface area contributed by atoms with Crippen molar-refractivity contribution in [1.82, 2.24) is 10.2 Å². The number of aryl methyl sites for hydroxylation is 1. The van der Waals surface area contributed by atoms with E-state index >= 15 is 0 Å². The molecule has 11 heteroatoms. The van der Waals surface area contributed by atoms with Gasteiger partial charge >= 0.3 is 6.03 Å². The van der Waals surface area contributed by atoms with Gasteiger partial charge in [-0.3, -0.25) is 25.0 Å². The lowest BCUT2D eigenvalue weighted by atomic mass is 10.1. The van der Waals surface area contributed by atoms with E-state index in [1.54, 1.807) is 0 Å². The number of hydrogen-bond donors (Lipinski definition) is 2. The normalized spacial score (nSPS) is 12.2. The number of rotatable bonds is 4. The Morgan fingerprint density at radius 3 is 2.59 bits per heavy atom. The molecule has 29 heavy (non-hydrogen) atoms. The minimum Gasteiger partial charge on any atom is -0.331 e. The van der Waals surface area contributed by atoms with Gasteiger partial charge in [-0.05, 0) is 30.9 Å². The average Bonchev–Trinajstić information content (AvgIpc) is 3.21. The quantitative estimate of drug-likeness (QED) is 0.561. The molecule has 152 valence electrons. The molecular formula is C18H17ClN4O5S. The second-order valence-electron chi connectivity index (χ2n) is 6.59. The minimum absolute atomic E-state index is 0.0472. The van der Waals surface area contributed by atoms with Crippen molar-refractivity contribution in [3.05, 3.63) is 54.9 Å². The maximum atomic E-state index is 12.7. The van der Waals surface area contributed by atoms with Gasteiger partial charge in [0, 0.05) is 31.1 Å². The number of non-ortho nitro benzene ring substituents is 1. The van der Waals surface area contributed by atoms with Gasteiger partial charge < -0.3 is 10.2 Å². The summed E-state index contributed by atoms with van der Waals surface area (Å²) in [4.78, 5) is 49.9. The van der Waals surface area contributed by atoms with Gasteiger partial charge in [0.1, 0.15) is 5.00 Å². The van der Waals surface area contributed by atoms with Gasteiger partial charge in [-0.15, -0.1) is 11.3 Å². The molecule has 1 aromatic heterocycles. The second-order valence-corrected chi connectivity index (χ2v) is 8.10. The van der Waals surface area contributed by atoms with Gasteiger partial charge in [0.15, 0.2) is 0 Å². The Balaban J connectivity index is 1.93. The van der Waals surface area contributed by atoms with E-state index in [0.29, 0.717) is 6.42 Å². The summed E-state index contributed by atoms with van der Waals surface area (Å²) in [5, 5.41) is 16.2. The molecule has 0 saturated carbocycles. The summed E-state index contributed by atoms with van der Waals surface area (Å²) >= 11 is 7.29. The smallest absolute Gasteiger partial charge is 0.323 e. The van der Waals surface area contributed by atoms with E-state index < -0.39 is 22.8 Å². The predicted octanol–water partition coefficient (Wildman–Crippen LogP) is 3.46. The van der Waals surface area contributed by atoms with Crippen LogP contribution in [0.4, 0.5) is 15.5 Å². The highest BCUT2D eigenvalue weighted by Gasteiger charge is 2.29. The number of hydrogen-bond acceptors (Lipinski definition) is 6. The van der Waals surface area contributed by atoms with Gasteiger partial charge in [0.2, 0.25) is 0 Å². The first-order valence-corrected chi connectivity index (χ1v) is 9.81. The van der Waals surface area contributed by atoms with Crippen LogP contribution >= 0.6 is 22.9 Å². The van der Waals surface area contributed by atoms with Gasteiger partial charge in [0.25, 0.3) is 17.5 Å². The molecule has 0 spiro atoms. The van der Waals surface area contributed by atoms with Crippen LogP contribution in [0.1, 0.15) is 37.6 Å². The molecule has 9 nitrogen and oxygen atoms in total. The Kier molecular flexibility index (Phi) is 5.85. The maximum Gasteiger partial charge on any atom is 0.323 e. The fourth-order valence-electron chi connectivity index (χ4n) is 2.98. The van der Waals surface area contributed by atoms with Crippen LogP contribution in [0, 0.1) is 10.1 Å². The zero-order valence-corrected chi connectivity index (χ0v) is 17.1. The van der Waals surface area contributed by atoms with Crippen LogP contribution in [0.15, 0.2) is 18.2 Å². The molecular weight excluding hydrogens is 420 g/mol. The fourth-order valence-corrected chi connectivity index (χ4v) is 4.46. The molecule has 1 aliphatic rings. The number of carbonyl (C=O) groups excluding carboxylic acids is 3. The van der Waals surface area contributed by atoms with Crippen molar-refractivity contribution in [1.29, 1.82) is 0 Å². The molecule has 0 radical (unpaired) electrons. The van der Waals surface area contributed by atoms with Crippen molar-refractivity contribution in [3.63, 3.8) is 0 Å². The van der Waals surface area contributed by atoms with Gasteiger partial charge in [-0.25, -0.2) is 4.79 Å². The number of imide groups is 1. The zero-order chi connectivity index (χ0) is 21.3. The molecule has 0 saturated heterocycles. The summed E-state index contributed by atoms with van der Waals surface area (Å²) in [6, 6.07) is 2.97. The Labute approximate surface area is 174 Å². The van der Waals surface area contributed by atoms with Gasteiger partial charge in [0.05, 0.1) is 21.1 Å². The first-order chi connectivity index (χ1) is 13.7. The Hall–Kier alpha value is -2.98. The monoisotopic (exact) mass is 436 g/mol. The van der Waals surface area contributed by atoms with E-state index in [-0.39, 0.29) is 26.8 Å². The summed E-state index contributed by atoms with van der Waals surface area (Å²) < 4.78 is 0. The number of halogens is 1. The number of nitrogens with zero attached hydrogens (tertiary/aromatic N) is 2. The Morgan fingerprint density at radius 2 is 1.93 bits per heavy atom. The highest BCUT2D eigenvalue weighted by molar-refractivity contribution is 7.17. The van der Waals surface area contributed by atoms with E-state index in [9.17, 15) is 24.5 Å². The zero-order valence-electron chi connectivity index (χ0n) is 15.6. The van der Waals surface area contributed by atoms with E-state index in [2.05, 4.69) is 10.6 Å². The van der Waals surface area contributed by atoms with Crippen LogP contribution in [0.2, 0.25) is 5.02 Å². The molecule has 0 aliphatic heterocycles. The molecule has 1 heterocycles. The summed E-state index contributed by atoms with van der Waals surface area (Å²) in [6.07, 6.45) is 2.32. The molecule has 3 rings (SSSR count). The number of nitro groups is 1. The number of thiophene rings is 1. The van der Waals surface area contributed by atoms with Crippen molar-refractivity contribution < 1.29 is 19.3 Å². The molecule has 0 fully saturated rings. The summed E-state index contributed by atoms with van der Waals surface area (Å²) in [5.74, 6) is -1.28. The number of nitro benzene ring substituents is 1. The second kappa shape index (κ2) is 8.18. The van der Waals surface area contributed by atoms with Gasteiger partial charge in [-0.1, -0.05) is 11.6 Å². The first kappa shape index (κ1) is 20.7. The van der Waals surface area contributed by atoms with Crippen LogP contribution in [-0.2, 0) is 12.8 Å². The molecule has 4 amide bonds. The van der Waals surface area contributed by atoms with Crippen molar-refractivity contribution >= 4 is 51.5 Å². The van der Waals surface area contributed by atoms with Crippen LogP contribution in [0.5, 0.6) is 0 Å². The molecule has 0 unspecified atom stereocenters. The summed E-state index contributed by atoms with van der Waals surface area (Å²) in [7, 11) is 3.02. The Morgan fingerprint density at radius 1 is 1.21 bits per heavy atom. The fraction of sp³-hybridized carbons (Fsp3) is 0.278. The van der Waals surface area contributed by atoms with Crippen molar-refractivity contribution in [3.8, 4) is 0 Å². The lowest BCUT2D eigenvalue weighted by Gasteiger charge is -2.13. The number of nitrogens with one attached hydrogen (secondary N) is 2. The SMILES string of the molecule is CN(C)C(=O)NC(=O)c1c(NC(=O)c2cc([N+](=O)[O-])ccc2Cl)sc2c1CCC2. The average molecular weight is 437 g/mol. The number of urea groups is 1. The topological polar surface area (TPSA) is 122 Å². The molecule has 0 atom stereocenters. The summed E-state index contributed by atoms with van der Waals surface area (Å²) in [5.41, 5.74) is 0.694. The van der Waals surface area contributed by atoms with Crippen LogP contribution in [-0.4, -0.2) is 41.8 Å². The maximum absolute atomic E-state index is 12.7.